The Morgan fingerprint density at radius 3 is 2.26 bits per heavy atom. The second-order valence-electron chi connectivity index (χ2n) is 8.99. The lowest BCUT2D eigenvalue weighted by Gasteiger charge is -2.32. The number of hydrogen-bond donors (Lipinski definition) is 2. The first kappa shape index (κ1) is 22.0. The minimum Gasteiger partial charge on any atom is -0.391 e. The largest absolute Gasteiger partial charge is 0.391 e. The average Bonchev–Trinajstić information content (AvgIpc) is 3.46. The van der Waals surface area contributed by atoms with Gasteiger partial charge in [-0.25, -0.2) is 4.98 Å². The Morgan fingerprint density at radius 1 is 1.03 bits per heavy atom. The molecule has 1 aliphatic rings. The number of rotatable bonds is 6. The number of carbonyl (C=O) groups is 1. The van der Waals surface area contributed by atoms with E-state index in [1.807, 2.05) is 51.6 Å². The molecule has 3 aromatic heterocycles. The van der Waals surface area contributed by atoms with Crippen molar-refractivity contribution in [3.8, 4) is 22.6 Å². The third-order valence-corrected chi connectivity index (χ3v) is 6.48. The Bertz CT molecular complexity index is 1340. The molecule has 1 saturated carbocycles. The monoisotopic (exact) mass is 456 g/mol. The van der Waals surface area contributed by atoms with Crippen LogP contribution in [-0.4, -0.2) is 47.7 Å². The lowest BCUT2D eigenvalue weighted by atomic mass is 9.89. The number of carbonyl (C=O) groups excluding carboxylic acids is 1. The fourth-order valence-corrected chi connectivity index (χ4v) is 4.23. The molecule has 0 radical (unpaired) electrons. The van der Waals surface area contributed by atoms with E-state index in [9.17, 15) is 9.90 Å². The molecule has 174 valence electrons. The number of nitrogens with zero attached hydrogens (tertiary/aromatic N) is 5. The molecular weight excluding hydrogens is 428 g/mol. The maximum atomic E-state index is 13.0. The lowest BCUT2D eigenvalue weighted by Crippen LogP contribution is -2.50. The quantitative estimate of drug-likeness (QED) is 0.465. The van der Waals surface area contributed by atoms with Crippen molar-refractivity contribution in [1.29, 1.82) is 0 Å². The van der Waals surface area contributed by atoms with Gasteiger partial charge in [0.05, 0.1) is 23.5 Å². The standard InChI is InChI=1S/C26H28N6O2/c1-16-19(14-17-4-6-18(7-5-17)20-10-12-31(2)29-20)15-23(26(34)28-21-8-9-24(21)33)27-25(16)22-11-13-32(3)30-22/h4-7,10-13,15,21,24,33H,8-9,14H2,1-3H3,(H,28,34)/t21-,24-/m0/s1. The number of aromatic nitrogens is 5. The van der Waals surface area contributed by atoms with Crippen molar-refractivity contribution >= 4 is 5.91 Å². The predicted molar refractivity (Wildman–Crippen MR) is 129 cm³/mol. The molecule has 34 heavy (non-hydrogen) atoms. The number of nitrogens with one attached hydrogen (secondary N) is 1. The highest BCUT2D eigenvalue weighted by atomic mass is 16.3. The van der Waals surface area contributed by atoms with Crippen molar-refractivity contribution in [1.82, 2.24) is 29.9 Å². The molecule has 0 saturated heterocycles. The molecule has 3 heterocycles. The molecule has 0 bridgehead atoms. The maximum Gasteiger partial charge on any atom is 0.270 e. The Kier molecular flexibility index (Phi) is 5.75. The van der Waals surface area contributed by atoms with E-state index in [0.717, 1.165) is 40.1 Å². The van der Waals surface area contributed by atoms with Crippen LogP contribution in [0, 0.1) is 6.92 Å². The van der Waals surface area contributed by atoms with Crippen LogP contribution < -0.4 is 5.32 Å². The van der Waals surface area contributed by atoms with Crippen LogP contribution in [0.3, 0.4) is 0 Å². The summed E-state index contributed by atoms with van der Waals surface area (Å²) in [7, 11) is 3.76. The topological polar surface area (TPSA) is 97.9 Å². The summed E-state index contributed by atoms with van der Waals surface area (Å²) in [5.74, 6) is -0.271. The summed E-state index contributed by atoms with van der Waals surface area (Å²) in [6.45, 7) is 2.02. The molecule has 1 aromatic carbocycles. The number of aryl methyl sites for hydroxylation is 2. The first-order valence-electron chi connectivity index (χ1n) is 11.5. The Hall–Kier alpha value is -3.78. The minimum atomic E-state index is -0.484. The van der Waals surface area contributed by atoms with Gasteiger partial charge in [0.25, 0.3) is 5.91 Å². The second kappa shape index (κ2) is 8.87. The van der Waals surface area contributed by atoms with Gasteiger partial charge in [-0.3, -0.25) is 14.2 Å². The number of aliphatic hydroxyl groups excluding tert-OH is 1. The molecule has 1 aliphatic carbocycles. The highest BCUT2D eigenvalue weighted by molar-refractivity contribution is 5.93. The van der Waals surface area contributed by atoms with Crippen molar-refractivity contribution in [2.24, 2.45) is 14.1 Å². The molecule has 2 N–H and O–H groups in total. The van der Waals surface area contributed by atoms with Crippen LogP contribution >= 0.6 is 0 Å². The fourth-order valence-electron chi connectivity index (χ4n) is 4.23. The maximum absolute atomic E-state index is 13.0. The zero-order valence-corrected chi connectivity index (χ0v) is 19.6. The van der Waals surface area contributed by atoms with Gasteiger partial charge >= 0.3 is 0 Å². The molecule has 1 amide bonds. The van der Waals surface area contributed by atoms with Crippen LogP contribution in [-0.2, 0) is 20.5 Å². The van der Waals surface area contributed by atoms with Gasteiger partial charge in [0.15, 0.2) is 0 Å². The van der Waals surface area contributed by atoms with Crippen molar-refractivity contribution in [2.75, 3.05) is 0 Å². The van der Waals surface area contributed by atoms with Crippen LogP contribution in [0.15, 0.2) is 54.9 Å². The smallest absolute Gasteiger partial charge is 0.270 e. The van der Waals surface area contributed by atoms with Crippen molar-refractivity contribution in [2.45, 2.75) is 38.3 Å². The van der Waals surface area contributed by atoms with Gasteiger partial charge in [0, 0.05) is 32.1 Å². The number of amides is 1. The molecular formula is C26H28N6O2. The molecule has 8 nitrogen and oxygen atoms in total. The van der Waals surface area contributed by atoms with Gasteiger partial charge in [-0.15, -0.1) is 0 Å². The molecule has 2 atom stereocenters. The lowest BCUT2D eigenvalue weighted by molar-refractivity contribution is 0.0445. The van der Waals surface area contributed by atoms with E-state index >= 15 is 0 Å². The predicted octanol–water partition coefficient (Wildman–Crippen LogP) is 3.03. The van der Waals surface area contributed by atoms with Crippen LogP contribution in [0.4, 0.5) is 0 Å². The van der Waals surface area contributed by atoms with E-state index in [0.29, 0.717) is 24.2 Å². The van der Waals surface area contributed by atoms with Crippen LogP contribution in [0.2, 0.25) is 0 Å². The van der Waals surface area contributed by atoms with E-state index in [1.54, 1.807) is 9.36 Å². The van der Waals surface area contributed by atoms with Gasteiger partial charge in [-0.2, -0.15) is 10.2 Å². The summed E-state index contributed by atoms with van der Waals surface area (Å²) >= 11 is 0. The number of pyridine rings is 1. The average molecular weight is 457 g/mol. The van der Waals surface area contributed by atoms with E-state index in [-0.39, 0.29) is 11.9 Å². The van der Waals surface area contributed by atoms with Gasteiger partial charge in [0.1, 0.15) is 11.4 Å². The first-order chi connectivity index (χ1) is 16.4. The summed E-state index contributed by atoms with van der Waals surface area (Å²) in [5.41, 5.74) is 6.89. The Balaban J connectivity index is 1.47. The van der Waals surface area contributed by atoms with Gasteiger partial charge < -0.3 is 10.4 Å². The molecule has 0 spiro atoms. The number of benzene rings is 1. The van der Waals surface area contributed by atoms with E-state index in [1.165, 1.54) is 0 Å². The first-order valence-corrected chi connectivity index (χ1v) is 11.5. The van der Waals surface area contributed by atoms with Crippen LogP contribution in [0.25, 0.3) is 22.6 Å². The van der Waals surface area contributed by atoms with Crippen molar-refractivity contribution < 1.29 is 9.90 Å². The molecule has 5 rings (SSSR count). The van der Waals surface area contributed by atoms with E-state index in [4.69, 9.17) is 0 Å². The zero-order valence-electron chi connectivity index (χ0n) is 19.6. The summed E-state index contributed by atoms with van der Waals surface area (Å²) in [5, 5.41) is 21.8. The summed E-state index contributed by atoms with van der Waals surface area (Å²) in [4.78, 5) is 17.7. The summed E-state index contributed by atoms with van der Waals surface area (Å²) < 4.78 is 3.52. The normalized spacial score (nSPS) is 17.4. The SMILES string of the molecule is Cc1c(Cc2ccc(-c3ccn(C)n3)cc2)cc(C(=O)N[C@H]2CC[C@@H]2O)nc1-c1ccn(C)n1. The molecule has 0 aliphatic heterocycles. The van der Waals surface area contributed by atoms with Crippen LogP contribution in [0.1, 0.15) is 40.0 Å². The van der Waals surface area contributed by atoms with E-state index in [2.05, 4.69) is 44.8 Å². The van der Waals surface area contributed by atoms with Crippen molar-refractivity contribution in [3.63, 3.8) is 0 Å². The zero-order chi connectivity index (χ0) is 23.8. The van der Waals surface area contributed by atoms with Crippen molar-refractivity contribution in [3.05, 3.63) is 77.2 Å². The van der Waals surface area contributed by atoms with Crippen LogP contribution in [0.5, 0.6) is 0 Å². The fraction of sp³-hybridized carbons (Fsp3) is 0.308. The molecule has 8 heteroatoms. The Labute approximate surface area is 198 Å². The third-order valence-electron chi connectivity index (χ3n) is 6.48. The molecule has 1 fully saturated rings. The number of aliphatic hydroxyl groups is 1. The Morgan fingerprint density at radius 2 is 1.71 bits per heavy atom. The van der Waals surface area contributed by atoms with Gasteiger partial charge in [-0.1, -0.05) is 24.3 Å². The highest BCUT2D eigenvalue weighted by Gasteiger charge is 2.31. The summed E-state index contributed by atoms with van der Waals surface area (Å²) in [6, 6.07) is 13.9. The second-order valence-corrected chi connectivity index (χ2v) is 8.99. The molecule has 4 aromatic rings. The highest BCUT2D eigenvalue weighted by Crippen LogP contribution is 2.27. The third kappa shape index (κ3) is 4.36. The van der Waals surface area contributed by atoms with Gasteiger partial charge in [-0.05, 0) is 61.1 Å². The van der Waals surface area contributed by atoms with Gasteiger partial charge in [0.2, 0.25) is 0 Å². The summed E-state index contributed by atoms with van der Waals surface area (Å²) in [6.07, 6.45) is 5.46. The minimum absolute atomic E-state index is 0.212. The molecule has 0 unspecified atom stereocenters. The number of hydrogen-bond acceptors (Lipinski definition) is 5. The van der Waals surface area contributed by atoms with E-state index < -0.39 is 6.10 Å².